The molecule has 4 heteroatoms. The molecule has 16 heavy (non-hydrogen) atoms. The molecule has 0 saturated heterocycles. The summed E-state index contributed by atoms with van der Waals surface area (Å²) in [6.07, 6.45) is 0.322. The van der Waals surface area contributed by atoms with E-state index in [0.717, 1.165) is 5.56 Å². The van der Waals surface area contributed by atoms with Gasteiger partial charge in [-0.1, -0.05) is 36.2 Å². The summed E-state index contributed by atoms with van der Waals surface area (Å²) in [6.45, 7) is 1.84. The van der Waals surface area contributed by atoms with E-state index in [1.807, 2.05) is 13.0 Å². The molecule has 2 N–H and O–H groups in total. The predicted octanol–water partition coefficient (Wildman–Crippen LogP) is 3.06. The van der Waals surface area contributed by atoms with E-state index in [1.54, 1.807) is 12.1 Å². The van der Waals surface area contributed by atoms with Gasteiger partial charge in [0.15, 0.2) is 0 Å². The Morgan fingerprint density at radius 3 is 2.44 bits per heavy atom. The first kappa shape index (κ1) is 13.8. The van der Waals surface area contributed by atoms with Crippen LogP contribution in [0.15, 0.2) is 18.2 Å². The van der Waals surface area contributed by atoms with Gasteiger partial charge in [-0.3, -0.25) is 0 Å². The fourth-order valence-electron chi connectivity index (χ4n) is 1.49. The first-order valence-electron chi connectivity index (χ1n) is 5.34. The van der Waals surface area contributed by atoms with Gasteiger partial charge in [0.25, 0.3) is 0 Å². The van der Waals surface area contributed by atoms with E-state index in [1.165, 1.54) is 0 Å². The van der Waals surface area contributed by atoms with Crippen LogP contribution in [-0.4, -0.2) is 22.4 Å². The summed E-state index contributed by atoms with van der Waals surface area (Å²) < 4.78 is 0. The minimum absolute atomic E-state index is 0.496. The lowest BCUT2D eigenvalue weighted by molar-refractivity contribution is 0.0130. The maximum atomic E-state index is 9.61. The van der Waals surface area contributed by atoms with Crippen molar-refractivity contribution >= 4 is 23.2 Å². The van der Waals surface area contributed by atoms with Crippen LogP contribution in [-0.2, 0) is 6.42 Å². The highest BCUT2D eigenvalue weighted by Gasteiger charge is 2.14. The van der Waals surface area contributed by atoms with Crippen molar-refractivity contribution in [3.05, 3.63) is 33.8 Å². The molecule has 1 rings (SSSR count). The Kier molecular flexibility index (Phi) is 5.56. The Hall–Kier alpha value is -0.280. The molecular weight excluding hydrogens is 247 g/mol. The molecule has 2 unspecified atom stereocenters. The van der Waals surface area contributed by atoms with E-state index >= 15 is 0 Å². The predicted molar refractivity (Wildman–Crippen MR) is 67.1 cm³/mol. The van der Waals surface area contributed by atoms with Crippen LogP contribution in [0.25, 0.3) is 0 Å². The first-order valence-corrected chi connectivity index (χ1v) is 6.10. The lowest BCUT2D eigenvalue weighted by Gasteiger charge is -2.16. The van der Waals surface area contributed by atoms with Gasteiger partial charge in [-0.25, -0.2) is 0 Å². The molecule has 0 bridgehead atoms. The van der Waals surface area contributed by atoms with Crippen molar-refractivity contribution in [3.8, 4) is 0 Å². The van der Waals surface area contributed by atoms with Gasteiger partial charge in [0.1, 0.15) is 0 Å². The zero-order valence-corrected chi connectivity index (χ0v) is 10.7. The summed E-state index contributed by atoms with van der Waals surface area (Å²) in [4.78, 5) is 0. The Bertz CT molecular complexity index is 342. The van der Waals surface area contributed by atoms with Crippen LogP contribution in [0.4, 0.5) is 0 Å². The van der Waals surface area contributed by atoms with Gasteiger partial charge in [-0.05, 0) is 37.0 Å². The molecule has 0 heterocycles. The molecule has 0 fully saturated rings. The van der Waals surface area contributed by atoms with Gasteiger partial charge in [0, 0.05) is 10.0 Å². The molecule has 1 aromatic carbocycles. The summed E-state index contributed by atoms with van der Waals surface area (Å²) in [5.74, 6) is 0. The van der Waals surface area contributed by atoms with Gasteiger partial charge in [-0.15, -0.1) is 0 Å². The summed E-state index contributed by atoms with van der Waals surface area (Å²) in [6, 6.07) is 5.29. The van der Waals surface area contributed by atoms with Gasteiger partial charge in [0.05, 0.1) is 12.2 Å². The number of rotatable bonds is 5. The zero-order chi connectivity index (χ0) is 12.1. The molecule has 1 aromatic rings. The van der Waals surface area contributed by atoms with Gasteiger partial charge in [0.2, 0.25) is 0 Å². The standard InChI is InChI=1S/C12H16Cl2O2/c1-2-11(15)12(16)6-4-8-3-5-9(13)7-10(8)14/h3,5,7,11-12,15-16H,2,4,6H2,1H3. The number of halogens is 2. The van der Waals surface area contributed by atoms with E-state index in [0.29, 0.717) is 29.3 Å². The Morgan fingerprint density at radius 1 is 1.19 bits per heavy atom. The molecule has 2 atom stereocenters. The third-order valence-corrected chi connectivity index (χ3v) is 3.17. The number of aliphatic hydroxyl groups is 2. The highest BCUT2D eigenvalue weighted by atomic mass is 35.5. The number of hydrogen-bond acceptors (Lipinski definition) is 2. The van der Waals surface area contributed by atoms with Gasteiger partial charge >= 0.3 is 0 Å². The highest BCUT2D eigenvalue weighted by Crippen LogP contribution is 2.22. The minimum Gasteiger partial charge on any atom is -0.390 e. The Balaban J connectivity index is 2.54. The van der Waals surface area contributed by atoms with Crippen molar-refractivity contribution in [2.45, 2.75) is 38.4 Å². The fraction of sp³-hybridized carbons (Fsp3) is 0.500. The molecule has 0 aliphatic rings. The van der Waals surface area contributed by atoms with Crippen LogP contribution < -0.4 is 0 Å². The molecule has 0 radical (unpaired) electrons. The smallest absolute Gasteiger partial charge is 0.0802 e. The largest absolute Gasteiger partial charge is 0.390 e. The second kappa shape index (κ2) is 6.45. The van der Waals surface area contributed by atoms with Crippen molar-refractivity contribution in [1.29, 1.82) is 0 Å². The molecule has 0 aromatic heterocycles. The second-order valence-corrected chi connectivity index (χ2v) is 4.66. The van der Waals surface area contributed by atoms with Crippen LogP contribution in [0.3, 0.4) is 0 Å². The summed E-state index contributed by atoms with van der Waals surface area (Å²) in [5.41, 5.74) is 0.938. The fourth-order valence-corrected chi connectivity index (χ4v) is 2.00. The van der Waals surface area contributed by atoms with E-state index in [9.17, 15) is 10.2 Å². The van der Waals surface area contributed by atoms with Crippen LogP contribution in [0.5, 0.6) is 0 Å². The quantitative estimate of drug-likeness (QED) is 0.857. The van der Waals surface area contributed by atoms with E-state index in [2.05, 4.69) is 0 Å². The van der Waals surface area contributed by atoms with Crippen molar-refractivity contribution in [2.24, 2.45) is 0 Å². The molecule has 0 spiro atoms. The average Bonchev–Trinajstić information content (AvgIpc) is 2.26. The summed E-state index contributed by atoms with van der Waals surface area (Å²) in [7, 11) is 0. The van der Waals surface area contributed by atoms with Crippen LogP contribution in [0.1, 0.15) is 25.3 Å². The average molecular weight is 263 g/mol. The number of hydrogen-bond donors (Lipinski definition) is 2. The first-order chi connectivity index (χ1) is 7.54. The van der Waals surface area contributed by atoms with Crippen molar-refractivity contribution in [1.82, 2.24) is 0 Å². The molecule has 0 aliphatic heterocycles. The maximum absolute atomic E-state index is 9.61. The van der Waals surface area contributed by atoms with Crippen LogP contribution in [0.2, 0.25) is 10.0 Å². The normalized spacial score (nSPS) is 14.8. The van der Waals surface area contributed by atoms with Crippen molar-refractivity contribution in [2.75, 3.05) is 0 Å². The zero-order valence-electron chi connectivity index (χ0n) is 9.16. The molecule has 0 amide bonds. The van der Waals surface area contributed by atoms with E-state index in [-0.39, 0.29) is 0 Å². The Morgan fingerprint density at radius 2 is 1.88 bits per heavy atom. The van der Waals surface area contributed by atoms with Gasteiger partial charge in [-0.2, -0.15) is 0 Å². The molecular formula is C12H16Cl2O2. The number of aryl methyl sites for hydroxylation is 1. The maximum Gasteiger partial charge on any atom is 0.0802 e. The van der Waals surface area contributed by atoms with Crippen molar-refractivity contribution in [3.63, 3.8) is 0 Å². The third-order valence-electron chi connectivity index (χ3n) is 2.59. The topological polar surface area (TPSA) is 40.5 Å². The monoisotopic (exact) mass is 262 g/mol. The van der Waals surface area contributed by atoms with E-state index < -0.39 is 12.2 Å². The molecule has 90 valence electrons. The molecule has 2 nitrogen and oxygen atoms in total. The number of benzene rings is 1. The van der Waals surface area contributed by atoms with Crippen LogP contribution >= 0.6 is 23.2 Å². The van der Waals surface area contributed by atoms with E-state index in [4.69, 9.17) is 23.2 Å². The van der Waals surface area contributed by atoms with Crippen molar-refractivity contribution < 1.29 is 10.2 Å². The molecule has 0 saturated carbocycles. The van der Waals surface area contributed by atoms with Gasteiger partial charge < -0.3 is 10.2 Å². The second-order valence-electron chi connectivity index (χ2n) is 3.82. The minimum atomic E-state index is -0.697. The third kappa shape index (κ3) is 3.95. The van der Waals surface area contributed by atoms with Crippen LogP contribution in [0, 0.1) is 0 Å². The number of aliphatic hydroxyl groups excluding tert-OH is 2. The lowest BCUT2D eigenvalue weighted by Crippen LogP contribution is -2.25. The Labute approximate surface area is 106 Å². The summed E-state index contributed by atoms with van der Waals surface area (Å²) in [5, 5.41) is 20.2. The molecule has 0 aliphatic carbocycles. The summed E-state index contributed by atoms with van der Waals surface area (Å²) >= 11 is 11.8. The highest BCUT2D eigenvalue weighted by molar-refractivity contribution is 6.35. The SMILES string of the molecule is CCC(O)C(O)CCc1ccc(Cl)cc1Cl. The lowest BCUT2D eigenvalue weighted by atomic mass is 10.0.